The van der Waals surface area contributed by atoms with Crippen molar-refractivity contribution in [3.8, 4) is 16.3 Å². The molecule has 0 atom stereocenters. The summed E-state index contributed by atoms with van der Waals surface area (Å²) in [4.78, 5) is 24.2. The summed E-state index contributed by atoms with van der Waals surface area (Å²) in [5.41, 5.74) is 1.70. The van der Waals surface area contributed by atoms with Gasteiger partial charge < -0.3 is 10.1 Å². The lowest BCUT2D eigenvalue weighted by Crippen LogP contribution is -2.17. The molecule has 0 saturated heterocycles. The highest BCUT2D eigenvalue weighted by Crippen LogP contribution is 2.28. The molecule has 3 rings (SSSR count). The molecule has 0 unspecified atom stereocenters. The third-order valence-electron chi connectivity index (χ3n) is 3.75. The van der Waals surface area contributed by atoms with E-state index in [1.165, 1.54) is 11.3 Å². The molecule has 1 heterocycles. The van der Waals surface area contributed by atoms with Crippen molar-refractivity contribution in [2.75, 3.05) is 17.7 Å². The molecule has 0 saturated carbocycles. The number of para-hydroxylation sites is 1. The fraction of sp³-hybridized carbons (Fsp3) is 0.158. The lowest BCUT2D eigenvalue weighted by Gasteiger charge is -2.09. The van der Waals surface area contributed by atoms with E-state index in [-0.39, 0.29) is 11.8 Å². The van der Waals surface area contributed by atoms with Crippen molar-refractivity contribution >= 4 is 34.0 Å². The van der Waals surface area contributed by atoms with Gasteiger partial charge in [0.25, 0.3) is 5.91 Å². The molecule has 0 aliphatic carbocycles. The summed E-state index contributed by atoms with van der Waals surface area (Å²) in [6.45, 7) is 1.75. The van der Waals surface area contributed by atoms with Crippen molar-refractivity contribution in [1.29, 1.82) is 0 Å². The van der Waals surface area contributed by atoms with Crippen LogP contribution < -0.4 is 15.4 Å². The Balaban J connectivity index is 1.75. The minimum atomic E-state index is -0.362. The van der Waals surface area contributed by atoms with Crippen LogP contribution in [0, 0.1) is 0 Å². The number of ether oxygens (including phenoxy) is 1. The van der Waals surface area contributed by atoms with Crippen molar-refractivity contribution in [1.82, 2.24) is 10.2 Å². The second-order valence-electron chi connectivity index (χ2n) is 5.54. The number of nitrogens with one attached hydrogen (secondary N) is 2. The van der Waals surface area contributed by atoms with E-state index in [1.807, 2.05) is 24.3 Å². The van der Waals surface area contributed by atoms with Gasteiger partial charge >= 0.3 is 0 Å². The van der Waals surface area contributed by atoms with Gasteiger partial charge in [0, 0.05) is 12.0 Å². The molecule has 2 aromatic carbocycles. The molecule has 27 heavy (non-hydrogen) atoms. The number of carbonyl (C=O) groups is 2. The highest BCUT2D eigenvalue weighted by Gasteiger charge is 2.15. The van der Waals surface area contributed by atoms with Gasteiger partial charge in [0.15, 0.2) is 0 Å². The van der Waals surface area contributed by atoms with Crippen LogP contribution in [0.1, 0.15) is 23.7 Å². The normalized spacial score (nSPS) is 10.3. The average molecular weight is 382 g/mol. The first-order valence-electron chi connectivity index (χ1n) is 8.29. The van der Waals surface area contributed by atoms with Crippen molar-refractivity contribution in [3.63, 3.8) is 0 Å². The fourth-order valence-electron chi connectivity index (χ4n) is 2.32. The largest absolute Gasteiger partial charge is 0.497 e. The van der Waals surface area contributed by atoms with E-state index >= 15 is 0 Å². The Morgan fingerprint density at radius 2 is 1.78 bits per heavy atom. The number of amides is 2. The summed E-state index contributed by atoms with van der Waals surface area (Å²) < 4.78 is 5.14. The van der Waals surface area contributed by atoms with E-state index in [4.69, 9.17) is 4.74 Å². The monoisotopic (exact) mass is 382 g/mol. The van der Waals surface area contributed by atoms with Gasteiger partial charge in [-0.1, -0.05) is 30.4 Å². The number of methoxy groups -OCH3 is 1. The molecule has 0 aliphatic heterocycles. The molecule has 0 radical (unpaired) electrons. The molecule has 0 bridgehead atoms. The molecule has 8 heteroatoms. The number of nitrogens with zero attached hydrogens (tertiary/aromatic N) is 2. The Bertz CT molecular complexity index is 954. The maximum atomic E-state index is 12.6. The number of benzene rings is 2. The topological polar surface area (TPSA) is 93.2 Å². The van der Waals surface area contributed by atoms with Crippen molar-refractivity contribution in [2.24, 2.45) is 0 Å². The predicted octanol–water partition coefficient (Wildman–Crippen LogP) is 3.81. The maximum Gasteiger partial charge on any atom is 0.259 e. The Hall–Kier alpha value is -3.26. The summed E-state index contributed by atoms with van der Waals surface area (Å²) in [7, 11) is 1.61. The van der Waals surface area contributed by atoms with Gasteiger partial charge in [0.1, 0.15) is 10.8 Å². The van der Waals surface area contributed by atoms with Crippen molar-refractivity contribution in [3.05, 3.63) is 54.1 Å². The number of aromatic nitrogens is 2. The lowest BCUT2D eigenvalue weighted by molar-refractivity contribution is -0.115. The average Bonchev–Trinajstić information content (AvgIpc) is 3.16. The van der Waals surface area contributed by atoms with Crippen LogP contribution in [0.5, 0.6) is 5.75 Å². The van der Waals surface area contributed by atoms with Gasteiger partial charge in [-0.05, 0) is 36.4 Å². The molecule has 0 spiro atoms. The van der Waals surface area contributed by atoms with E-state index < -0.39 is 0 Å². The molecule has 0 fully saturated rings. The third kappa shape index (κ3) is 4.48. The first kappa shape index (κ1) is 18.5. The van der Waals surface area contributed by atoms with Gasteiger partial charge in [-0.25, -0.2) is 0 Å². The molecule has 2 N–H and O–H groups in total. The quantitative estimate of drug-likeness (QED) is 0.676. The van der Waals surface area contributed by atoms with E-state index in [9.17, 15) is 9.59 Å². The SMILES string of the molecule is CCC(=O)Nc1ccccc1C(=O)Nc1nnc(-c2ccc(OC)cc2)s1. The zero-order valence-electron chi connectivity index (χ0n) is 14.9. The highest BCUT2D eigenvalue weighted by molar-refractivity contribution is 7.18. The first-order valence-corrected chi connectivity index (χ1v) is 9.10. The minimum absolute atomic E-state index is 0.159. The second kappa shape index (κ2) is 8.41. The van der Waals surface area contributed by atoms with Crippen LogP contribution in [-0.4, -0.2) is 29.1 Å². The highest BCUT2D eigenvalue weighted by atomic mass is 32.1. The Morgan fingerprint density at radius 1 is 1.04 bits per heavy atom. The van der Waals surface area contributed by atoms with E-state index in [2.05, 4.69) is 20.8 Å². The van der Waals surface area contributed by atoms with Crippen LogP contribution in [0.3, 0.4) is 0 Å². The van der Waals surface area contributed by atoms with Gasteiger partial charge in [-0.15, -0.1) is 10.2 Å². The molecule has 3 aromatic rings. The number of anilines is 2. The Kier molecular flexibility index (Phi) is 5.77. The van der Waals surface area contributed by atoms with E-state index in [0.29, 0.717) is 27.8 Å². The number of carbonyl (C=O) groups excluding carboxylic acids is 2. The molecule has 1 aromatic heterocycles. The Morgan fingerprint density at radius 3 is 2.48 bits per heavy atom. The molecule has 2 amide bonds. The maximum absolute atomic E-state index is 12.6. The number of hydrogen-bond acceptors (Lipinski definition) is 6. The van der Waals surface area contributed by atoms with Crippen LogP contribution in [0.15, 0.2) is 48.5 Å². The van der Waals surface area contributed by atoms with Crippen LogP contribution in [0.2, 0.25) is 0 Å². The van der Waals surface area contributed by atoms with E-state index in [1.54, 1.807) is 38.3 Å². The van der Waals surface area contributed by atoms with Gasteiger partial charge in [0.05, 0.1) is 18.4 Å². The van der Waals surface area contributed by atoms with Crippen molar-refractivity contribution in [2.45, 2.75) is 13.3 Å². The fourth-order valence-corrected chi connectivity index (χ4v) is 3.06. The summed E-state index contributed by atoms with van der Waals surface area (Å²) >= 11 is 1.26. The van der Waals surface area contributed by atoms with Gasteiger partial charge in [0.2, 0.25) is 11.0 Å². The number of rotatable bonds is 6. The molecule has 138 valence electrons. The second-order valence-corrected chi connectivity index (χ2v) is 6.52. The Labute approximate surface area is 160 Å². The van der Waals surface area contributed by atoms with Crippen LogP contribution in [0.4, 0.5) is 10.8 Å². The van der Waals surface area contributed by atoms with Gasteiger partial charge in [-0.3, -0.25) is 14.9 Å². The molecule has 0 aliphatic rings. The van der Waals surface area contributed by atoms with Crippen LogP contribution in [-0.2, 0) is 4.79 Å². The minimum Gasteiger partial charge on any atom is -0.497 e. The smallest absolute Gasteiger partial charge is 0.259 e. The number of hydrogen-bond donors (Lipinski definition) is 2. The standard InChI is InChI=1S/C19H18N4O3S/c1-3-16(24)20-15-7-5-4-6-14(15)17(25)21-19-23-22-18(27-19)12-8-10-13(26-2)11-9-12/h4-11H,3H2,1-2H3,(H,20,24)(H,21,23,25). The first-order chi connectivity index (χ1) is 13.1. The molecular formula is C19H18N4O3S. The summed E-state index contributed by atoms with van der Waals surface area (Å²) in [5.74, 6) is 0.231. The zero-order chi connectivity index (χ0) is 19.2. The van der Waals surface area contributed by atoms with Crippen LogP contribution in [0.25, 0.3) is 10.6 Å². The lowest BCUT2D eigenvalue weighted by atomic mass is 10.1. The zero-order valence-corrected chi connectivity index (χ0v) is 15.7. The third-order valence-corrected chi connectivity index (χ3v) is 4.64. The summed E-state index contributed by atoms with van der Waals surface area (Å²) in [6.07, 6.45) is 0.331. The van der Waals surface area contributed by atoms with Crippen molar-refractivity contribution < 1.29 is 14.3 Å². The molecule has 7 nitrogen and oxygen atoms in total. The summed E-state index contributed by atoms with van der Waals surface area (Å²) in [6, 6.07) is 14.2. The predicted molar refractivity (Wildman–Crippen MR) is 105 cm³/mol. The summed E-state index contributed by atoms with van der Waals surface area (Å²) in [5, 5.41) is 14.7. The van der Waals surface area contributed by atoms with Crippen LogP contribution >= 0.6 is 11.3 Å². The van der Waals surface area contributed by atoms with Gasteiger partial charge in [-0.2, -0.15) is 0 Å². The van der Waals surface area contributed by atoms with E-state index in [0.717, 1.165) is 11.3 Å². The molecular weight excluding hydrogens is 364 g/mol.